The Labute approximate surface area is 280 Å². The molecule has 0 spiro atoms. The van der Waals surface area contributed by atoms with Crippen LogP contribution in [-0.2, 0) is 13.1 Å². The third kappa shape index (κ3) is 7.63. The first-order valence-corrected chi connectivity index (χ1v) is 16.9. The van der Waals surface area contributed by atoms with E-state index in [9.17, 15) is 9.18 Å². The summed E-state index contributed by atoms with van der Waals surface area (Å²) >= 11 is 12.2. The van der Waals surface area contributed by atoms with E-state index >= 15 is 0 Å². The summed E-state index contributed by atoms with van der Waals surface area (Å²) in [4.78, 5) is 18.7. The third-order valence-corrected chi connectivity index (χ3v) is 9.71. The minimum absolute atomic E-state index is 0.00816. The summed E-state index contributed by atoms with van der Waals surface area (Å²) in [5.41, 5.74) is 2.45. The lowest BCUT2D eigenvalue weighted by atomic mass is 9.90. The zero-order valence-electron chi connectivity index (χ0n) is 26.4. The highest BCUT2D eigenvalue weighted by Crippen LogP contribution is 2.32. The van der Waals surface area contributed by atoms with Gasteiger partial charge in [0.25, 0.3) is 5.91 Å². The van der Waals surface area contributed by atoms with Crippen LogP contribution in [0.3, 0.4) is 0 Å². The summed E-state index contributed by atoms with van der Waals surface area (Å²) in [5, 5.41) is 4.88. The van der Waals surface area contributed by atoms with E-state index in [0.29, 0.717) is 46.6 Å². The number of aryl methyl sites for hydroxylation is 1. The number of fused-ring (bicyclic) bond motifs is 4. The van der Waals surface area contributed by atoms with Gasteiger partial charge in [0.05, 0.1) is 27.2 Å². The van der Waals surface area contributed by atoms with Crippen molar-refractivity contribution < 1.29 is 18.7 Å². The van der Waals surface area contributed by atoms with E-state index in [4.69, 9.17) is 32.7 Å². The molecule has 0 aliphatic carbocycles. The number of hydrogen-bond donors (Lipinski definition) is 1. The Balaban J connectivity index is 1.08. The molecule has 244 valence electrons. The predicted octanol–water partition coefficient (Wildman–Crippen LogP) is 7.42. The monoisotopic (exact) mass is 666 g/mol. The van der Waals surface area contributed by atoms with Crippen LogP contribution >= 0.6 is 23.2 Å². The predicted molar refractivity (Wildman–Crippen MR) is 182 cm³/mol. The minimum Gasteiger partial charge on any atom is -0.492 e. The van der Waals surface area contributed by atoms with E-state index in [0.717, 1.165) is 61.4 Å². The molecule has 2 atom stereocenters. The van der Waals surface area contributed by atoms with Crippen LogP contribution in [0.1, 0.15) is 49.0 Å². The van der Waals surface area contributed by atoms with Crippen molar-refractivity contribution in [1.82, 2.24) is 19.7 Å². The molecule has 4 aromatic rings. The molecule has 7 nitrogen and oxygen atoms in total. The van der Waals surface area contributed by atoms with Crippen LogP contribution in [0.4, 0.5) is 4.39 Å². The second-order valence-corrected chi connectivity index (χ2v) is 13.3. The van der Waals surface area contributed by atoms with Gasteiger partial charge in [0.1, 0.15) is 23.9 Å². The van der Waals surface area contributed by atoms with Gasteiger partial charge >= 0.3 is 0 Å². The van der Waals surface area contributed by atoms with Crippen molar-refractivity contribution in [3.63, 3.8) is 0 Å². The number of hydrogen-bond acceptors (Lipinski definition) is 5. The number of piperazine rings is 1. The molecule has 1 amide bonds. The van der Waals surface area contributed by atoms with Crippen LogP contribution in [0, 0.1) is 5.82 Å². The normalized spacial score (nSPS) is 18.4. The molecule has 3 fully saturated rings. The Morgan fingerprint density at radius 3 is 2.39 bits per heavy atom. The number of piperidine rings is 2. The average molecular weight is 668 g/mol. The van der Waals surface area contributed by atoms with Gasteiger partial charge in [-0.3, -0.25) is 14.6 Å². The summed E-state index contributed by atoms with van der Waals surface area (Å²) < 4.78 is 27.5. The fraction of sp³-hybridized carbons (Fsp3) is 0.417. The van der Waals surface area contributed by atoms with E-state index in [-0.39, 0.29) is 17.8 Å². The highest BCUT2D eigenvalue weighted by Gasteiger charge is 2.38. The van der Waals surface area contributed by atoms with E-state index < -0.39 is 0 Å². The largest absolute Gasteiger partial charge is 0.492 e. The molecule has 4 heterocycles. The Morgan fingerprint density at radius 1 is 0.957 bits per heavy atom. The van der Waals surface area contributed by atoms with Crippen LogP contribution in [0.25, 0.3) is 10.9 Å². The second-order valence-electron chi connectivity index (χ2n) is 12.5. The fourth-order valence-electron chi connectivity index (χ4n) is 6.77. The minimum atomic E-state index is -0.252. The zero-order valence-corrected chi connectivity index (χ0v) is 27.9. The summed E-state index contributed by atoms with van der Waals surface area (Å²) in [6.45, 7) is 9.71. The number of carbonyl (C=O) groups excluding carboxylic acids is 1. The number of nitrogens with one attached hydrogen (secondary N) is 1. The van der Waals surface area contributed by atoms with E-state index in [1.54, 1.807) is 24.3 Å². The van der Waals surface area contributed by atoms with Gasteiger partial charge in [-0.05, 0) is 81.1 Å². The van der Waals surface area contributed by atoms with Gasteiger partial charge in [0.15, 0.2) is 0 Å². The van der Waals surface area contributed by atoms with Gasteiger partial charge in [-0.25, -0.2) is 4.39 Å². The van der Waals surface area contributed by atoms with Crippen LogP contribution in [0.15, 0.2) is 66.9 Å². The molecule has 3 saturated heterocycles. The van der Waals surface area contributed by atoms with Crippen molar-refractivity contribution >= 4 is 40.0 Å². The molecule has 46 heavy (non-hydrogen) atoms. The summed E-state index contributed by atoms with van der Waals surface area (Å²) in [6, 6.07) is 18.6. The van der Waals surface area contributed by atoms with Gasteiger partial charge < -0.3 is 19.4 Å². The molecular formula is C36H41Cl2FN4O3. The lowest BCUT2D eigenvalue weighted by Crippen LogP contribution is -2.63. The Morgan fingerprint density at radius 2 is 1.70 bits per heavy atom. The first kappa shape index (κ1) is 32.6. The Kier molecular flexibility index (Phi) is 10.4. The lowest BCUT2D eigenvalue weighted by molar-refractivity contribution is -0.0259. The summed E-state index contributed by atoms with van der Waals surface area (Å²) in [5.74, 6) is 1.09. The van der Waals surface area contributed by atoms with Crippen LogP contribution in [0.5, 0.6) is 11.5 Å². The SMILES string of the molecule is CC(C)Oc1cccc2c(C(=O)NCc3ccc(Cl)c(Cl)c3)cn(CCCN3C[C@H]4CC[C@@H]3CN4CCOc3ccc(F)cc3)c12. The average Bonchev–Trinajstić information content (AvgIpc) is 3.42. The van der Waals surface area contributed by atoms with Gasteiger partial charge in [0, 0.05) is 62.9 Å². The standard InChI is InChI=1S/C36H41Cl2FN4O3/c1-24(2)46-34-6-3-5-30-31(36(44)40-20-25-7-14-32(37)33(38)19-25)23-43(35(30)34)16-4-15-41-21-28-11-10-27(41)22-42(28)17-18-45-29-12-8-26(39)9-13-29/h3,5-9,12-14,19,23-24,27-28H,4,10-11,15-18,20-22H2,1-2H3,(H,40,44)/t27-,28-/m1/s1. The van der Waals surface area contributed by atoms with Crippen molar-refractivity contribution in [2.24, 2.45) is 0 Å². The highest BCUT2D eigenvalue weighted by atomic mass is 35.5. The summed E-state index contributed by atoms with van der Waals surface area (Å²) in [7, 11) is 0. The van der Waals surface area contributed by atoms with Crippen LogP contribution < -0.4 is 14.8 Å². The van der Waals surface area contributed by atoms with E-state index in [1.807, 2.05) is 44.3 Å². The maximum Gasteiger partial charge on any atom is 0.253 e. The van der Waals surface area contributed by atoms with E-state index in [2.05, 4.69) is 19.7 Å². The van der Waals surface area contributed by atoms with Crippen molar-refractivity contribution in [1.29, 1.82) is 0 Å². The molecule has 1 N–H and O–H groups in total. The highest BCUT2D eigenvalue weighted by molar-refractivity contribution is 6.42. The van der Waals surface area contributed by atoms with Crippen LogP contribution in [-0.4, -0.2) is 71.2 Å². The fourth-order valence-corrected chi connectivity index (χ4v) is 7.09. The number of nitrogens with zero attached hydrogens (tertiary/aromatic N) is 3. The molecule has 1 aromatic heterocycles. The van der Waals surface area contributed by atoms with Crippen molar-refractivity contribution in [3.05, 3.63) is 93.8 Å². The van der Waals surface area contributed by atoms with Gasteiger partial charge in [0.2, 0.25) is 0 Å². The molecule has 0 radical (unpaired) electrons. The topological polar surface area (TPSA) is 59.0 Å². The molecule has 2 bridgehead atoms. The molecule has 7 rings (SSSR count). The molecule has 3 aliphatic heterocycles. The number of benzene rings is 3. The van der Waals surface area contributed by atoms with Crippen molar-refractivity contribution in [2.45, 2.75) is 64.4 Å². The summed E-state index contributed by atoms with van der Waals surface area (Å²) in [6.07, 6.45) is 5.35. The quantitative estimate of drug-likeness (QED) is 0.161. The Bertz CT molecular complexity index is 1660. The molecule has 10 heteroatoms. The number of para-hydroxylation sites is 1. The number of ether oxygens (including phenoxy) is 2. The smallest absolute Gasteiger partial charge is 0.253 e. The van der Waals surface area contributed by atoms with Gasteiger partial charge in [-0.1, -0.05) is 41.4 Å². The zero-order chi connectivity index (χ0) is 32.2. The lowest BCUT2D eigenvalue weighted by Gasteiger charge is -2.51. The number of carbonyl (C=O) groups is 1. The third-order valence-electron chi connectivity index (χ3n) is 8.97. The molecule has 0 unspecified atom stereocenters. The van der Waals surface area contributed by atoms with E-state index in [1.165, 1.54) is 25.0 Å². The maximum absolute atomic E-state index is 13.5. The second kappa shape index (κ2) is 14.6. The molecule has 3 aromatic carbocycles. The maximum atomic E-state index is 13.5. The van der Waals surface area contributed by atoms with Crippen molar-refractivity contribution in [2.75, 3.05) is 32.8 Å². The Hall–Kier alpha value is -3.30. The van der Waals surface area contributed by atoms with Gasteiger partial charge in [-0.2, -0.15) is 0 Å². The van der Waals surface area contributed by atoms with Crippen molar-refractivity contribution in [3.8, 4) is 11.5 Å². The molecular weight excluding hydrogens is 626 g/mol. The number of aromatic nitrogens is 1. The number of rotatable bonds is 13. The first-order chi connectivity index (χ1) is 22.2. The number of halogens is 3. The number of amides is 1. The first-order valence-electron chi connectivity index (χ1n) is 16.1. The van der Waals surface area contributed by atoms with Crippen LogP contribution in [0.2, 0.25) is 10.0 Å². The molecule has 0 saturated carbocycles. The van der Waals surface area contributed by atoms with Gasteiger partial charge in [-0.15, -0.1) is 0 Å². The molecule has 3 aliphatic rings.